The van der Waals surface area contributed by atoms with Gasteiger partial charge in [0.1, 0.15) is 0 Å². The highest BCUT2D eigenvalue weighted by Crippen LogP contribution is 2.16. The topological polar surface area (TPSA) is 46.2 Å². The molecule has 2 N–H and O–H groups in total. The van der Waals surface area contributed by atoms with Crippen LogP contribution in [-0.2, 0) is 4.74 Å². The van der Waals surface area contributed by atoms with E-state index in [1.54, 1.807) is 11.3 Å². The zero-order chi connectivity index (χ0) is 11.4. The standard InChI is InChI=1S/C10H15N3OS2/c1-7-5-12-10(16-7)13-9(15)11-6-8-3-2-4-14-8/h5,8H,2-4,6H2,1H3,(H2,11,12,13,15)/t8-/m0/s1. The monoisotopic (exact) mass is 257 g/mol. The fraction of sp³-hybridized carbons (Fsp3) is 0.600. The molecule has 0 unspecified atom stereocenters. The third kappa shape index (κ3) is 3.40. The molecule has 88 valence electrons. The van der Waals surface area contributed by atoms with Crippen molar-refractivity contribution in [3.05, 3.63) is 11.1 Å². The number of thiocarbonyl (C=S) groups is 1. The summed E-state index contributed by atoms with van der Waals surface area (Å²) < 4.78 is 5.49. The van der Waals surface area contributed by atoms with Gasteiger partial charge < -0.3 is 15.4 Å². The Kier molecular flexibility index (Phi) is 4.09. The van der Waals surface area contributed by atoms with Crippen LogP contribution in [0.2, 0.25) is 0 Å². The first-order valence-electron chi connectivity index (χ1n) is 5.33. The van der Waals surface area contributed by atoms with Gasteiger partial charge in [0.15, 0.2) is 10.2 Å². The summed E-state index contributed by atoms with van der Waals surface area (Å²) in [6, 6.07) is 0. The van der Waals surface area contributed by atoms with E-state index in [4.69, 9.17) is 17.0 Å². The minimum absolute atomic E-state index is 0.304. The van der Waals surface area contributed by atoms with Crippen molar-refractivity contribution in [3.63, 3.8) is 0 Å². The minimum atomic E-state index is 0.304. The molecule has 0 aliphatic carbocycles. The van der Waals surface area contributed by atoms with E-state index in [2.05, 4.69) is 15.6 Å². The Bertz CT molecular complexity index is 361. The molecule has 1 saturated heterocycles. The zero-order valence-electron chi connectivity index (χ0n) is 9.16. The lowest BCUT2D eigenvalue weighted by Crippen LogP contribution is -2.34. The van der Waals surface area contributed by atoms with Gasteiger partial charge in [-0.2, -0.15) is 0 Å². The van der Waals surface area contributed by atoms with Crippen LogP contribution in [0.25, 0.3) is 0 Å². The van der Waals surface area contributed by atoms with E-state index < -0.39 is 0 Å². The maximum Gasteiger partial charge on any atom is 0.189 e. The Morgan fingerprint density at radius 3 is 3.25 bits per heavy atom. The predicted octanol–water partition coefficient (Wildman–Crippen LogP) is 1.92. The molecule has 0 saturated carbocycles. The molecule has 6 heteroatoms. The molecule has 0 spiro atoms. The first-order chi connectivity index (χ1) is 7.74. The Balaban J connectivity index is 1.71. The molecule has 0 bridgehead atoms. The van der Waals surface area contributed by atoms with Crippen molar-refractivity contribution in [1.82, 2.24) is 10.3 Å². The van der Waals surface area contributed by atoms with Crippen LogP contribution >= 0.6 is 23.6 Å². The van der Waals surface area contributed by atoms with Gasteiger partial charge in [0, 0.05) is 24.2 Å². The number of nitrogens with one attached hydrogen (secondary N) is 2. The molecule has 0 amide bonds. The van der Waals surface area contributed by atoms with Crippen LogP contribution in [0, 0.1) is 6.92 Å². The average Bonchev–Trinajstić information content (AvgIpc) is 2.87. The molecule has 0 aromatic carbocycles. The second kappa shape index (κ2) is 5.56. The lowest BCUT2D eigenvalue weighted by atomic mass is 10.2. The van der Waals surface area contributed by atoms with E-state index in [9.17, 15) is 0 Å². The largest absolute Gasteiger partial charge is 0.376 e. The Morgan fingerprint density at radius 2 is 2.62 bits per heavy atom. The Hall–Kier alpha value is -0.720. The third-order valence-corrected chi connectivity index (χ3v) is 3.43. The summed E-state index contributed by atoms with van der Waals surface area (Å²) in [6.45, 7) is 3.67. The minimum Gasteiger partial charge on any atom is -0.376 e. The van der Waals surface area contributed by atoms with Crippen molar-refractivity contribution in [2.45, 2.75) is 25.9 Å². The molecule has 0 radical (unpaired) electrons. The lowest BCUT2D eigenvalue weighted by Gasteiger charge is -2.12. The van der Waals surface area contributed by atoms with Crippen LogP contribution in [-0.4, -0.2) is 29.4 Å². The van der Waals surface area contributed by atoms with E-state index in [1.165, 1.54) is 4.88 Å². The summed E-state index contributed by atoms with van der Waals surface area (Å²) in [5, 5.41) is 7.65. The summed E-state index contributed by atoms with van der Waals surface area (Å²) in [5.74, 6) is 0. The highest BCUT2D eigenvalue weighted by Gasteiger charge is 2.15. The van der Waals surface area contributed by atoms with Crippen molar-refractivity contribution in [1.29, 1.82) is 0 Å². The highest BCUT2D eigenvalue weighted by atomic mass is 32.1. The van der Waals surface area contributed by atoms with Gasteiger partial charge in [0.05, 0.1) is 6.10 Å². The first-order valence-corrected chi connectivity index (χ1v) is 6.55. The average molecular weight is 257 g/mol. The van der Waals surface area contributed by atoms with E-state index in [-0.39, 0.29) is 0 Å². The fourth-order valence-corrected chi connectivity index (χ4v) is 2.48. The van der Waals surface area contributed by atoms with Crippen LogP contribution < -0.4 is 10.6 Å². The van der Waals surface area contributed by atoms with Crippen molar-refractivity contribution >= 4 is 33.8 Å². The Labute approximate surface area is 104 Å². The van der Waals surface area contributed by atoms with Gasteiger partial charge in [0.2, 0.25) is 0 Å². The van der Waals surface area contributed by atoms with E-state index in [1.807, 2.05) is 13.1 Å². The van der Waals surface area contributed by atoms with Gasteiger partial charge in [0.25, 0.3) is 0 Å². The smallest absolute Gasteiger partial charge is 0.189 e. The van der Waals surface area contributed by atoms with Gasteiger partial charge in [-0.25, -0.2) is 4.98 Å². The molecule has 1 aromatic rings. The summed E-state index contributed by atoms with van der Waals surface area (Å²) in [7, 11) is 0. The van der Waals surface area contributed by atoms with Crippen LogP contribution in [0.4, 0.5) is 5.13 Å². The van der Waals surface area contributed by atoms with Crippen molar-refractivity contribution in [2.75, 3.05) is 18.5 Å². The van der Waals surface area contributed by atoms with Crippen molar-refractivity contribution in [2.24, 2.45) is 0 Å². The number of hydrogen-bond donors (Lipinski definition) is 2. The predicted molar refractivity (Wildman–Crippen MR) is 70.0 cm³/mol. The quantitative estimate of drug-likeness (QED) is 0.810. The van der Waals surface area contributed by atoms with E-state index in [0.29, 0.717) is 11.2 Å². The van der Waals surface area contributed by atoms with Gasteiger partial charge in [-0.15, -0.1) is 11.3 Å². The maximum absolute atomic E-state index is 5.49. The first kappa shape index (κ1) is 11.8. The molecule has 1 aliphatic rings. The molecule has 4 nitrogen and oxygen atoms in total. The van der Waals surface area contributed by atoms with Crippen LogP contribution in [0.15, 0.2) is 6.20 Å². The van der Waals surface area contributed by atoms with Crippen LogP contribution in [0.3, 0.4) is 0 Å². The molecule has 1 aliphatic heterocycles. The molecule has 1 fully saturated rings. The number of rotatable bonds is 3. The molecule has 2 heterocycles. The SMILES string of the molecule is Cc1cnc(NC(=S)NC[C@@H]2CCCO2)s1. The maximum atomic E-state index is 5.49. The number of hydrogen-bond acceptors (Lipinski definition) is 4. The van der Waals surface area contributed by atoms with E-state index in [0.717, 1.165) is 31.1 Å². The summed E-state index contributed by atoms with van der Waals surface area (Å²) >= 11 is 6.76. The number of anilines is 1. The number of ether oxygens (including phenoxy) is 1. The summed E-state index contributed by atoms with van der Waals surface area (Å²) in [4.78, 5) is 5.35. The molecule has 1 atom stereocenters. The van der Waals surface area contributed by atoms with Gasteiger partial charge >= 0.3 is 0 Å². The molecule has 1 aromatic heterocycles. The number of thiazole rings is 1. The Morgan fingerprint density at radius 1 is 1.75 bits per heavy atom. The normalized spacial score (nSPS) is 19.7. The van der Waals surface area contributed by atoms with Gasteiger partial charge in [-0.3, -0.25) is 0 Å². The summed E-state index contributed by atoms with van der Waals surface area (Å²) in [5.41, 5.74) is 0. The second-order valence-electron chi connectivity index (χ2n) is 3.75. The highest BCUT2D eigenvalue weighted by molar-refractivity contribution is 7.80. The number of aromatic nitrogens is 1. The molecule has 16 heavy (non-hydrogen) atoms. The lowest BCUT2D eigenvalue weighted by molar-refractivity contribution is 0.114. The van der Waals surface area contributed by atoms with Crippen LogP contribution in [0.5, 0.6) is 0 Å². The van der Waals surface area contributed by atoms with Crippen LogP contribution in [0.1, 0.15) is 17.7 Å². The van der Waals surface area contributed by atoms with Crippen molar-refractivity contribution in [3.8, 4) is 0 Å². The molecular formula is C10H15N3OS2. The molecule has 2 rings (SSSR count). The molecular weight excluding hydrogens is 242 g/mol. The zero-order valence-corrected chi connectivity index (χ0v) is 10.8. The number of nitrogens with zero attached hydrogens (tertiary/aromatic N) is 1. The third-order valence-electron chi connectivity index (χ3n) is 2.36. The second-order valence-corrected chi connectivity index (χ2v) is 5.39. The number of aryl methyl sites for hydroxylation is 1. The van der Waals surface area contributed by atoms with Gasteiger partial charge in [-0.1, -0.05) is 0 Å². The van der Waals surface area contributed by atoms with E-state index >= 15 is 0 Å². The summed E-state index contributed by atoms with van der Waals surface area (Å²) in [6.07, 6.45) is 4.40. The van der Waals surface area contributed by atoms with Gasteiger partial charge in [-0.05, 0) is 32.0 Å². The van der Waals surface area contributed by atoms with Crippen molar-refractivity contribution < 1.29 is 4.74 Å². The fourth-order valence-electron chi connectivity index (χ4n) is 1.57.